The third-order valence-electron chi connectivity index (χ3n) is 5.97. The minimum Gasteiger partial charge on any atom is -0.384 e. The predicted molar refractivity (Wildman–Crippen MR) is 121 cm³/mol. The number of aryl methyl sites for hydroxylation is 2. The van der Waals surface area contributed by atoms with E-state index in [1.807, 2.05) is 37.3 Å². The first-order valence-electron chi connectivity index (χ1n) is 10.4. The largest absolute Gasteiger partial charge is 0.384 e. The van der Waals surface area contributed by atoms with Crippen LogP contribution in [-0.2, 0) is 30.6 Å². The molecule has 1 aliphatic carbocycles. The minimum absolute atomic E-state index is 0.000770. The molecule has 4 N–H and O–H groups in total. The molecule has 4 rings (SSSR count). The quantitative estimate of drug-likeness (QED) is 0.588. The Morgan fingerprint density at radius 2 is 1.67 bits per heavy atom. The Bertz CT molecular complexity index is 1050. The van der Waals surface area contributed by atoms with Gasteiger partial charge in [-0.1, -0.05) is 55.5 Å². The van der Waals surface area contributed by atoms with Crippen LogP contribution in [0.15, 0.2) is 60.7 Å². The van der Waals surface area contributed by atoms with Gasteiger partial charge in [-0.25, -0.2) is 4.98 Å². The highest BCUT2D eigenvalue weighted by molar-refractivity contribution is 5.91. The van der Waals surface area contributed by atoms with E-state index >= 15 is 0 Å². The van der Waals surface area contributed by atoms with Gasteiger partial charge in [-0.15, -0.1) is 0 Å². The van der Waals surface area contributed by atoms with Crippen molar-refractivity contribution in [3.05, 3.63) is 88.6 Å². The lowest BCUT2D eigenvalue weighted by Gasteiger charge is -2.31. The Hall–Kier alpha value is -3.34. The number of nitrogen functional groups attached to an aromatic ring is 1. The van der Waals surface area contributed by atoms with Crippen molar-refractivity contribution in [2.45, 2.75) is 45.2 Å². The highest BCUT2D eigenvalue weighted by atomic mass is 16.2. The molecule has 0 unspecified atom stereocenters. The van der Waals surface area contributed by atoms with Crippen LogP contribution in [0.3, 0.4) is 0 Å². The van der Waals surface area contributed by atoms with Gasteiger partial charge in [0.2, 0.25) is 5.91 Å². The molecule has 0 spiro atoms. The fourth-order valence-corrected chi connectivity index (χ4v) is 4.27. The van der Waals surface area contributed by atoms with Crippen LogP contribution in [0.5, 0.6) is 0 Å². The first-order valence-corrected chi connectivity index (χ1v) is 10.4. The molecule has 5 nitrogen and oxygen atoms in total. The second kappa shape index (κ2) is 8.19. The number of carbonyl (C=O) groups excluding carboxylic acids is 1. The summed E-state index contributed by atoms with van der Waals surface area (Å²) in [7, 11) is 0. The van der Waals surface area contributed by atoms with Gasteiger partial charge in [0.05, 0.1) is 0 Å². The van der Waals surface area contributed by atoms with Gasteiger partial charge in [-0.2, -0.15) is 0 Å². The fourth-order valence-electron chi connectivity index (χ4n) is 4.27. The van der Waals surface area contributed by atoms with Gasteiger partial charge in [0.25, 0.3) is 0 Å². The molecule has 30 heavy (non-hydrogen) atoms. The van der Waals surface area contributed by atoms with Crippen LogP contribution in [0.4, 0.5) is 11.5 Å². The van der Waals surface area contributed by atoms with Crippen molar-refractivity contribution in [2.24, 2.45) is 0 Å². The van der Waals surface area contributed by atoms with Crippen LogP contribution in [-0.4, -0.2) is 16.4 Å². The molecule has 0 bridgehead atoms. The van der Waals surface area contributed by atoms with Gasteiger partial charge in [-0.3, -0.25) is 4.79 Å². The summed E-state index contributed by atoms with van der Waals surface area (Å²) in [6.45, 7) is 4.47. The number of carbonyl (C=O) groups is 1. The van der Waals surface area contributed by atoms with Gasteiger partial charge in [0, 0.05) is 30.8 Å². The van der Waals surface area contributed by atoms with Crippen molar-refractivity contribution < 1.29 is 4.79 Å². The molecule has 0 saturated heterocycles. The normalized spacial score (nSPS) is 14.2. The summed E-state index contributed by atoms with van der Waals surface area (Å²) in [6, 6.07) is 20.2. The van der Waals surface area contributed by atoms with E-state index in [0.717, 1.165) is 23.4 Å². The Morgan fingerprint density at radius 3 is 2.33 bits per heavy atom. The topological polar surface area (TPSA) is 80.0 Å². The van der Waals surface area contributed by atoms with E-state index in [0.29, 0.717) is 25.2 Å². The maximum Gasteiger partial charge on any atom is 0.246 e. The number of nitrogens with two attached hydrogens (primary N) is 1. The molecule has 5 heteroatoms. The van der Waals surface area contributed by atoms with Crippen molar-refractivity contribution in [3.8, 4) is 0 Å². The van der Waals surface area contributed by atoms with Crippen LogP contribution in [0, 0.1) is 6.92 Å². The smallest absolute Gasteiger partial charge is 0.246 e. The van der Waals surface area contributed by atoms with Crippen molar-refractivity contribution >= 4 is 17.4 Å². The zero-order valence-electron chi connectivity index (χ0n) is 17.5. The molecule has 0 radical (unpaired) electrons. The lowest BCUT2D eigenvalue weighted by Crippen LogP contribution is -2.53. The Balaban J connectivity index is 1.61. The number of pyridine rings is 1. The lowest BCUT2D eigenvalue weighted by atomic mass is 9.92. The van der Waals surface area contributed by atoms with Crippen LogP contribution >= 0.6 is 0 Å². The lowest BCUT2D eigenvalue weighted by molar-refractivity contribution is -0.125. The minimum atomic E-state index is -0.718. The van der Waals surface area contributed by atoms with Crippen molar-refractivity contribution in [1.82, 2.24) is 10.3 Å². The second-order valence-corrected chi connectivity index (χ2v) is 8.00. The average molecular weight is 401 g/mol. The van der Waals surface area contributed by atoms with E-state index in [9.17, 15) is 4.79 Å². The van der Waals surface area contributed by atoms with Crippen molar-refractivity contribution in [2.75, 3.05) is 11.1 Å². The van der Waals surface area contributed by atoms with Gasteiger partial charge >= 0.3 is 0 Å². The van der Waals surface area contributed by atoms with Crippen molar-refractivity contribution in [3.63, 3.8) is 0 Å². The van der Waals surface area contributed by atoms with Gasteiger partial charge in [-0.05, 0) is 47.7 Å². The summed E-state index contributed by atoms with van der Waals surface area (Å²) in [4.78, 5) is 17.9. The Kier molecular flexibility index (Phi) is 5.44. The number of anilines is 2. The summed E-state index contributed by atoms with van der Waals surface area (Å²) in [6.07, 6.45) is 2.22. The maximum absolute atomic E-state index is 13.6. The standard InChI is InChI=1S/C25H28N4O/c1-3-18-8-6-7-11-22(18)29-25(14-19-9-4-5-10-20(19)15-25)24(30)27-16-21-12-13-23(26)28-17(21)2/h4-13,29H,3,14-16H2,1-2H3,(H2,26,28)(H,27,30). The second-order valence-electron chi connectivity index (χ2n) is 8.00. The van der Waals surface area contributed by atoms with E-state index in [2.05, 4.69) is 46.8 Å². The van der Waals surface area contributed by atoms with Crippen LogP contribution in [0.25, 0.3) is 0 Å². The Morgan fingerprint density at radius 1 is 1.00 bits per heavy atom. The molecule has 0 fully saturated rings. The number of fused-ring (bicyclic) bond motifs is 1. The zero-order chi connectivity index (χ0) is 21.1. The summed E-state index contributed by atoms with van der Waals surface area (Å²) < 4.78 is 0. The molecule has 1 heterocycles. The van der Waals surface area contributed by atoms with Gasteiger partial charge < -0.3 is 16.4 Å². The predicted octanol–water partition coefficient (Wildman–Crippen LogP) is 3.80. The molecular weight excluding hydrogens is 372 g/mol. The van der Waals surface area contributed by atoms with E-state index in [1.165, 1.54) is 16.7 Å². The number of nitrogens with one attached hydrogen (secondary N) is 2. The van der Waals surface area contributed by atoms with Gasteiger partial charge in [0.1, 0.15) is 11.4 Å². The number of hydrogen-bond acceptors (Lipinski definition) is 4. The summed E-state index contributed by atoms with van der Waals surface area (Å²) in [5, 5.41) is 6.79. The number of rotatable bonds is 6. The fraction of sp³-hybridized carbons (Fsp3) is 0.280. The van der Waals surface area contributed by atoms with Crippen LogP contribution in [0.2, 0.25) is 0 Å². The zero-order valence-corrected chi connectivity index (χ0v) is 17.5. The van der Waals surface area contributed by atoms with E-state index in [4.69, 9.17) is 5.73 Å². The first-order chi connectivity index (χ1) is 14.5. The van der Waals surface area contributed by atoms with Gasteiger partial charge in [0.15, 0.2) is 0 Å². The number of para-hydroxylation sites is 1. The molecular formula is C25H28N4O. The SMILES string of the molecule is CCc1ccccc1NC1(C(=O)NCc2ccc(N)nc2C)Cc2ccccc2C1. The van der Waals surface area contributed by atoms with E-state index in [-0.39, 0.29) is 5.91 Å². The Labute approximate surface area is 177 Å². The summed E-state index contributed by atoms with van der Waals surface area (Å²) in [5.41, 5.74) is 11.5. The molecule has 3 aromatic rings. The first kappa shape index (κ1) is 20.0. The highest BCUT2D eigenvalue weighted by Crippen LogP contribution is 2.34. The number of amides is 1. The third kappa shape index (κ3) is 3.88. The monoisotopic (exact) mass is 400 g/mol. The molecule has 2 aromatic carbocycles. The van der Waals surface area contributed by atoms with Crippen LogP contribution < -0.4 is 16.4 Å². The molecule has 1 amide bonds. The summed E-state index contributed by atoms with van der Waals surface area (Å²) >= 11 is 0. The molecule has 0 aliphatic heterocycles. The molecule has 154 valence electrons. The highest BCUT2D eigenvalue weighted by Gasteiger charge is 2.44. The maximum atomic E-state index is 13.6. The molecule has 0 saturated carbocycles. The third-order valence-corrected chi connectivity index (χ3v) is 5.97. The summed E-state index contributed by atoms with van der Waals surface area (Å²) in [5.74, 6) is 0.490. The average Bonchev–Trinajstić information content (AvgIpc) is 3.12. The number of aromatic nitrogens is 1. The number of benzene rings is 2. The van der Waals surface area contributed by atoms with E-state index < -0.39 is 5.54 Å². The van der Waals surface area contributed by atoms with Crippen molar-refractivity contribution in [1.29, 1.82) is 0 Å². The molecule has 1 aliphatic rings. The van der Waals surface area contributed by atoms with E-state index in [1.54, 1.807) is 6.07 Å². The number of nitrogens with zero attached hydrogens (tertiary/aromatic N) is 1. The van der Waals surface area contributed by atoms with Crippen LogP contribution in [0.1, 0.15) is 34.9 Å². The number of hydrogen-bond donors (Lipinski definition) is 3. The molecule has 0 atom stereocenters. The molecule has 1 aromatic heterocycles.